The average molecular weight is 162 g/mol. The predicted molar refractivity (Wildman–Crippen MR) is 48.7 cm³/mol. The maximum Gasteiger partial charge on any atom is 0.167 e. The highest BCUT2D eigenvalue weighted by Gasteiger charge is 2.45. The Morgan fingerprint density at radius 1 is 1.67 bits per heavy atom. The summed E-state index contributed by atoms with van der Waals surface area (Å²) >= 11 is 0. The molecule has 2 rings (SSSR count). The minimum atomic E-state index is -0.128. The quantitative estimate of drug-likeness (QED) is 0.450. The van der Waals surface area contributed by atoms with Crippen molar-refractivity contribution in [2.45, 2.75) is 26.2 Å². The van der Waals surface area contributed by atoms with E-state index in [0.29, 0.717) is 11.5 Å². The summed E-state index contributed by atoms with van der Waals surface area (Å²) in [6.07, 6.45) is 7.58. The van der Waals surface area contributed by atoms with E-state index in [-0.39, 0.29) is 11.2 Å². The fraction of sp³-hybridized carbons (Fsp3) is 0.545. The van der Waals surface area contributed by atoms with Gasteiger partial charge in [-0.3, -0.25) is 4.79 Å². The molecule has 0 N–H and O–H groups in total. The standard InChI is InChI=1S/C11H14O/c1-8(2)10(12)11-5-3-9(7-11)4-6-11/h3,5,9H,1,4,6-7H2,2H3. The van der Waals surface area contributed by atoms with Crippen molar-refractivity contribution in [1.82, 2.24) is 0 Å². The van der Waals surface area contributed by atoms with E-state index in [9.17, 15) is 4.79 Å². The van der Waals surface area contributed by atoms with E-state index in [2.05, 4.69) is 18.7 Å². The van der Waals surface area contributed by atoms with E-state index in [1.807, 2.05) is 6.92 Å². The Morgan fingerprint density at radius 3 is 2.75 bits per heavy atom. The summed E-state index contributed by atoms with van der Waals surface area (Å²) in [6, 6.07) is 0. The van der Waals surface area contributed by atoms with Gasteiger partial charge in [0.25, 0.3) is 0 Å². The second kappa shape index (κ2) is 2.32. The first-order valence-electron chi connectivity index (χ1n) is 4.54. The van der Waals surface area contributed by atoms with Gasteiger partial charge in [-0.25, -0.2) is 0 Å². The summed E-state index contributed by atoms with van der Waals surface area (Å²) < 4.78 is 0. The van der Waals surface area contributed by atoms with Crippen molar-refractivity contribution in [3.63, 3.8) is 0 Å². The molecule has 2 unspecified atom stereocenters. The second-order valence-electron chi connectivity index (χ2n) is 4.13. The molecule has 0 amide bonds. The number of hydrogen-bond acceptors (Lipinski definition) is 1. The molecule has 1 heteroatoms. The van der Waals surface area contributed by atoms with E-state index in [1.54, 1.807) is 0 Å². The normalized spacial score (nSPS) is 37.2. The maximum atomic E-state index is 11.8. The SMILES string of the molecule is C=C(C)C(=O)C12C=CC(CC1)C2. The van der Waals surface area contributed by atoms with Crippen molar-refractivity contribution in [1.29, 1.82) is 0 Å². The van der Waals surface area contributed by atoms with Crippen LogP contribution in [0.4, 0.5) is 0 Å². The van der Waals surface area contributed by atoms with Gasteiger partial charge in [-0.15, -0.1) is 0 Å². The van der Waals surface area contributed by atoms with Crippen LogP contribution in [0, 0.1) is 11.3 Å². The van der Waals surface area contributed by atoms with Crippen LogP contribution in [0.15, 0.2) is 24.3 Å². The molecule has 64 valence electrons. The van der Waals surface area contributed by atoms with Crippen molar-refractivity contribution in [2.24, 2.45) is 11.3 Å². The number of ketones is 1. The van der Waals surface area contributed by atoms with E-state index < -0.39 is 0 Å². The third kappa shape index (κ3) is 0.889. The molecule has 2 aliphatic rings. The molecule has 2 aliphatic carbocycles. The summed E-state index contributed by atoms with van der Waals surface area (Å²) in [5, 5.41) is 0. The number of carbonyl (C=O) groups is 1. The van der Waals surface area contributed by atoms with Gasteiger partial charge < -0.3 is 0 Å². The van der Waals surface area contributed by atoms with Crippen molar-refractivity contribution in [3.8, 4) is 0 Å². The Kier molecular flexibility index (Phi) is 1.50. The smallest absolute Gasteiger partial charge is 0.167 e. The number of allylic oxidation sites excluding steroid dienone is 3. The van der Waals surface area contributed by atoms with Gasteiger partial charge in [0.05, 0.1) is 5.41 Å². The Balaban J connectivity index is 2.28. The Morgan fingerprint density at radius 2 is 2.42 bits per heavy atom. The lowest BCUT2D eigenvalue weighted by Crippen LogP contribution is -2.24. The molecule has 0 aliphatic heterocycles. The third-order valence-electron chi connectivity index (χ3n) is 3.11. The fourth-order valence-corrected chi connectivity index (χ4v) is 2.46. The highest BCUT2D eigenvalue weighted by molar-refractivity contribution is 6.00. The summed E-state index contributed by atoms with van der Waals surface area (Å²) in [5.74, 6) is 0.937. The van der Waals surface area contributed by atoms with Crippen LogP contribution in [0.3, 0.4) is 0 Å². The summed E-state index contributed by atoms with van der Waals surface area (Å²) in [5.41, 5.74) is 0.582. The number of Topliss-reactive ketones (excluding diaryl/α,β-unsaturated/α-hetero) is 1. The van der Waals surface area contributed by atoms with Crippen LogP contribution in [0.2, 0.25) is 0 Å². The zero-order valence-electron chi connectivity index (χ0n) is 7.47. The molecule has 0 aromatic carbocycles. The lowest BCUT2D eigenvalue weighted by molar-refractivity contribution is -0.122. The van der Waals surface area contributed by atoms with Crippen LogP contribution < -0.4 is 0 Å². The topological polar surface area (TPSA) is 17.1 Å². The molecule has 1 nitrogen and oxygen atoms in total. The van der Waals surface area contributed by atoms with Crippen LogP contribution in [0.5, 0.6) is 0 Å². The summed E-state index contributed by atoms with van der Waals surface area (Å²) in [4.78, 5) is 11.8. The third-order valence-corrected chi connectivity index (χ3v) is 3.11. The lowest BCUT2D eigenvalue weighted by Gasteiger charge is -2.21. The van der Waals surface area contributed by atoms with Gasteiger partial charge in [0.1, 0.15) is 0 Å². The van der Waals surface area contributed by atoms with E-state index in [1.165, 1.54) is 6.42 Å². The molecular formula is C11H14O. The molecule has 0 aromatic rings. The first kappa shape index (κ1) is 7.78. The largest absolute Gasteiger partial charge is 0.294 e. The summed E-state index contributed by atoms with van der Waals surface area (Å²) in [7, 11) is 0. The van der Waals surface area contributed by atoms with Gasteiger partial charge in [0, 0.05) is 0 Å². The van der Waals surface area contributed by atoms with Crippen molar-refractivity contribution >= 4 is 5.78 Å². The predicted octanol–water partition coefficient (Wildman–Crippen LogP) is 2.49. The molecule has 0 heterocycles. The van der Waals surface area contributed by atoms with Crippen LogP contribution in [-0.4, -0.2) is 5.78 Å². The van der Waals surface area contributed by atoms with Crippen LogP contribution >= 0.6 is 0 Å². The maximum absolute atomic E-state index is 11.8. The van der Waals surface area contributed by atoms with Crippen molar-refractivity contribution in [3.05, 3.63) is 24.3 Å². The zero-order valence-corrected chi connectivity index (χ0v) is 7.47. The number of carbonyl (C=O) groups excluding carboxylic acids is 1. The fourth-order valence-electron chi connectivity index (χ4n) is 2.46. The van der Waals surface area contributed by atoms with Gasteiger partial charge >= 0.3 is 0 Å². The van der Waals surface area contributed by atoms with Crippen molar-refractivity contribution in [2.75, 3.05) is 0 Å². The minimum absolute atomic E-state index is 0.128. The molecule has 0 radical (unpaired) electrons. The first-order valence-corrected chi connectivity index (χ1v) is 4.54. The summed E-state index contributed by atoms with van der Waals surface area (Å²) in [6.45, 7) is 5.54. The molecule has 1 saturated carbocycles. The van der Waals surface area contributed by atoms with Gasteiger partial charge in [0.2, 0.25) is 0 Å². The van der Waals surface area contributed by atoms with Gasteiger partial charge in [-0.05, 0) is 37.7 Å². The zero-order chi connectivity index (χ0) is 8.77. The highest BCUT2D eigenvalue weighted by Crippen LogP contribution is 2.50. The van der Waals surface area contributed by atoms with Crippen LogP contribution in [-0.2, 0) is 4.79 Å². The minimum Gasteiger partial charge on any atom is -0.294 e. The molecule has 0 aromatic heterocycles. The van der Waals surface area contributed by atoms with Crippen molar-refractivity contribution < 1.29 is 4.79 Å². The van der Waals surface area contributed by atoms with Gasteiger partial charge in [0.15, 0.2) is 5.78 Å². The van der Waals surface area contributed by atoms with E-state index in [0.717, 1.165) is 12.8 Å². The molecule has 12 heavy (non-hydrogen) atoms. The molecule has 0 saturated heterocycles. The second-order valence-corrected chi connectivity index (χ2v) is 4.13. The number of hydrogen-bond donors (Lipinski definition) is 0. The van der Waals surface area contributed by atoms with Crippen LogP contribution in [0.25, 0.3) is 0 Å². The molecular weight excluding hydrogens is 148 g/mol. The molecule has 2 bridgehead atoms. The number of rotatable bonds is 2. The lowest BCUT2D eigenvalue weighted by atomic mass is 9.80. The molecule has 0 spiro atoms. The molecule has 2 atom stereocenters. The Bertz CT molecular complexity index is 275. The Hall–Kier alpha value is -0.850. The van der Waals surface area contributed by atoms with E-state index >= 15 is 0 Å². The van der Waals surface area contributed by atoms with E-state index in [4.69, 9.17) is 0 Å². The Labute approximate surface area is 73.2 Å². The van der Waals surface area contributed by atoms with Gasteiger partial charge in [-0.1, -0.05) is 18.7 Å². The highest BCUT2D eigenvalue weighted by atomic mass is 16.1. The molecule has 1 fully saturated rings. The van der Waals surface area contributed by atoms with Gasteiger partial charge in [-0.2, -0.15) is 0 Å². The first-order chi connectivity index (χ1) is 5.64. The monoisotopic (exact) mass is 162 g/mol. The van der Waals surface area contributed by atoms with Crippen LogP contribution in [0.1, 0.15) is 26.2 Å². The average Bonchev–Trinajstić information content (AvgIpc) is 2.62. The number of fused-ring (bicyclic) bond motifs is 2.